The summed E-state index contributed by atoms with van der Waals surface area (Å²) in [5.41, 5.74) is 0.984. The third-order valence-electron chi connectivity index (χ3n) is 6.11. The number of hydrogen-bond donors (Lipinski definition) is 1. The van der Waals surface area contributed by atoms with Crippen LogP contribution in [0.2, 0.25) is 0 Å². The molecule has 1 amide bonds. The Balaban J connectivity index is 1.49. The molecule has 1 aliphatic heterocycles. The first-order chi connectivity index (χ1) is 16.8. The molecule has 0 aliphatic carbocycles. The van der Waals surface area contributed by atoms with Gasteiger partial charge in [0.15, 0.2) is 5.69 Å². The number of nitrogens with one attached hydrogen (secondary N) is 1. The van der Waals surface area contributed by atoms with Crippen LogP contribution in [0.5, 0.6) is 0 Å². The quantitative estimate of drug-likeness (QED) is 0.440. The molecule has 0 unspecified atom stereocenters. The summed E-state index contributed by atoms with van der Waals surface area (Å²) in [6.45, 7) is 3.54. The van der Waals surface area contributed by atoms with E-state index < -0.39 is 11.7 Å². The number of oxazole rings is 1. The largest absolute Gasteiger partial charge is 0.447 e. The predicted molar refractivity (Wildman–Crippen MR) is 123 cm³/mol. The van der Waals surface area contributed by atoms with Crippen molar-refractivity contribution < 1.29 is 27.1 Å². The zero-order valence-electron chi connectivity index (χ0n) is 19.4. The van der Waals surface area contributed by atoms with Crippen LogP contribution < -0.4 is 5.32 Å². The highest BCUT2D eigenvalue weighted by Crippen LogP contribution is 2.31. The normalized spacial score (nSPS) is 17.0. The Kier molecular flexibility index (Phi) is 7.87. The van der Waals surface area contributed by atoms with Crippen molar-refractivity contribution >= 4 is 5.91 Å². The molecule has 1 saturated heterocycles. The highest BCUT2D eigenvalue weighted by atomic mass is 19.4. The topological polar surface area (TPSA) is 67.6 Å². The second kappa shape index (κ2) is 11.0. The number of aromatic nitrogens is 1. The Morgan fingerprint density at radius 1 is 1.17 bits per heavy atom. The van der Waals surface area contributed by atoms with Crippen molar-refractivity contribution in [3.05, 3.63) is 89.1 Å². The average Bonchev–Trinajstić information content (AvgIpc) is 3.54. The molecule has 1 N–H and O–H groups in total. The summed E-state index contributed by atoms with van der Waals surface area (Å²) < 4.78 is 50.8. The van der Waals surface area contributed by atoms with Gasteiger partial charge < -0.3 is 14.5 Å². The van der Waals surface area contributed by atoms with E-state index in [0.29, 0.717) is 24.6 Å². The summed E-state index contributed by atoms with van der Waals surface area (Å²) in [5, 5.41) is 2.81. The maximum Gasteiger partial charge on any atom is 0.416 e. The molecule has 0 spiro atoms. The van der Waals surface area contributed by atoms with Gasteiger partial charge in [0.25, 0.3) is 5.91 Å². The fraction of sp³-hybridized carbons (Fsp3) is 0.385. The average molecular weight is 488 g/mol. The number of carbonyl (C=O) groups excluding carboxylic acids is 1. The maximum absolute atomic E-state index is 13.2. The zero-order chi connectivity index (χ0) is 24.8. The molecule has 1 fully saturated rings. The van der Waals surface area contributed by atoms with Gasteiger partial charge in [-0.1, -0.05) is 48.5 Å². The van der Waals surface area contributed by atoms with Crippen molar-refractivity contribution in [3.63, 3.8) is 0 Å². The van der Waals surface area contributed by atoms with Gasteiger partial charge in [-0.05, 0) is 37.0 Å². The van der Waals surface area contributed by atoms with Gasteiger partial charge >= 0.3 is 6.18 Å². The van der Waals surface area contributed by atoms with Crippen LogP contribution in [0.3, 0.4) is 0 Å². The van der Waals surface area contributed by atoms with Crippen molar-refractivity contribution in [2.24, 2.45) is 0 Å². The molecule has 2 aromatic carbocycles. The molecular weight excluding hydrogens is 459 g/mol. The Morgan fingerprint density at radius 2 is 1.97 bits per heavy atom. The van der Waals surface area contributed by atoms with E-state index in [2.05, 4.69) is 10.3 Å². The van der Waals surface area contributed by atoms with Crippen molar-refractivity contribution in [1.82, 2.24) is 15.2 Å². The van der Waals surface area contributed by atoms with Crippen LogP contribution in [0, 0.1) is 0 Å². The smallest absolute Gasteiger partial charge is 0.416 e. The number of alkyl halides is 3. The lowest BCUT2D eigenvalue weighted by molar-refractivity contribution is -0.137. The number of hydrogen-bond acceptors (Lipinski definition) is 5. The van der Waals surface area contributed by atoms with Gasteiger partial charge in [0.05, 0.1) is 18.2 Å². The van der Waals surface area contributed by atoms with Crippen LogP contribution in [-0.2, 0) is 24.0 Å². The van der Waals surface area contributed by atoms with E-state index in [-0.39, 0.29) is 36.8 Å². The molecule has 3 aromatic rings. The number of benzene rings is 2. The second-order valence-electron chi connectivity index (χ2n) is 8.66. The minimum Gasteiger partial charge on any atom is -0.447 e. The molecule has 2 atom stereocenters. The van der Waals surface area contributed by atoms with Gasteiger partial charge in [0.2, 0.25) is 5.89 Å². The number of nitrogens with zero attached hydrogens (tertiary/aromatic N) is 2. The summed E-state index contributed by atoms with van der Waals surface area (Å²) in [7, 11) is 0. The van der Waals surface area contributed by atoms with E-state index in [1.165, 1.54) is 12.3 Å². The fourth-order valence-corrected chi connectivity index (χ4v) is 4.12. The van der Waals surface area contributed by atoms with Crippen LogP contribution in [0.15, 0.2) is 65.3 Å². The van der Waals surface area contributed by atoms with E-state index in [9.17, 15) is 18.0 Å². The summed E-state index contributed by atoms with van der Waals surface area (Å²) >= 11 is 0. The Hall–Kier alpha value is -3.17. The molecule has 6 nitrogen and oxygen atoms in total. The fourth-order valence-electron chi connectivity index (χ4n) is 4.12. The van der Waals surface area contributed by atoms with Gasteiger partial charge in [-0.15, -0.1) is 0 Å². The van der Waals surface area contributed by atoms with Gasteiger partial charge in [0, 0.05) is 25.7 Å². The molecule has 0 saturated carbocycles. The van der Waals surface area contributed by atoms with Crippen LogP contribution in [0.4, 0.5) is 13.2 Å². The minimum atomic E-state index is -4.42. The van der Waals surface area contributed by atoms with Crippen LogP contribution in [-0.4, -0.2) is 35.0 Å². The van der Waals surface area contributed by atoms with Gasteiger partial charge in [-0.2, -0.15) is 13.2 Å². The number of halogens is 3. The highest BCUT2D eigenvalue weighted by Gasteiger charge is 2.30. The second-order valence-corrected chi connectivity index (χ2v) is 8.66. The lowest BCUT2D eigenvalue weighted by Gasteiger charge is -2.28. The van der Waals surface area contributed by atoms with Gasteiger partial charge in [-0.3, -0.25) is 9.69 Å². The number of ether oxygens (including phenoxy) is 1. The lowest BCUT2D eigenvalue weighted by atomic mass is 10.0. The molecule has 35 heavy (non-hydrogen) atoms. The first-order valence-electron chi connectivity index (χ1n) is 11.6. The van der Waals surface area contributed by atoms with Crippen molar-refractivity contribution in [3.8, 4) is 0 Å². The summed E-state index contributed by atoms with van der Waals surface area (Å²) in [4.78, 5) is 18.8. The summed E-state index contributed by atoms with van der Waals surface area (Å²) in [6, 6.07) is 14.8. The van der Waals surface area contributed by atoms with Gasteiger partial charge in [-0.25, -0.2) is 4.98 Å². The number of amides is 1. The van der Waals surface area contributed by atoms with Crippen LogP contribution in [0.25, 0.3) is 0 Å². The van der Waals surface area contributed by atoms with Crippen LogP contribution >= 0.6 is 0 Å². The van der Waals surface area contributed by atoms with Crippen LogP contribution in [0.1, 0.15) is 58.9 Å². The van der Waals surface area contributed by atoms with Gasteiger partial charge in [0.1, 0.15) is 6.26 Å². The van der Waals surface area contributed by atoms with E-state index in [4.69, 9.17) is 9.15 Å². The van der Waals surface area contributed by atoms with Crippen molar-refractivity contribution in [1.29, 1.82) is 0 Å². The van der Waals surface area contributed by atoms with Crippen molar-refractivity contribution in [2.75, 3.05) is 13.2 Å². The Labute approximate surface area is 202 Å². The number of carbonyl (C=O) groups is 1. The molecule has 0 bridgehead atoms. The molecule has 1 aromatic heterocycles. The molecule has 186 valence electrons. The van der Waals surface area contributed by atoms with E-state index in [1.54, 1.807) is 6.07 Å². The van der Waals surface area contributed by atoms with Crippen molar-refractivity contribution in [2.45, 2.75) is 51.2 Å². The van der Waals surface area contributed by atoms with E-state index >= 15 is 0 Å². The third-order valence-corrected chi connectivity index (χ3v) is 6.11. The molecule has 9 heteroatoms. The molecule has 2 heterocycles. The summed E-state index contributed by atoms with van der Waals surface area (Å²) in [6.07, 6.45) is -1.21. The third kappa shape index (κ3) is 6.70. The minimum absolute atomic E-state index is 0.0139. The highest BCUT2D eigenvalue weighted by molar-refractivity contribution is 5.91. The molecule has 0 radical (unpaired) electrons. The monoisotopic (exact) mass is 487 g/mol. The first kappa shape index (κ1) is 24.9. The lowest BCUT2D eigenvalue weighted by Crippen LogP contribution is -2.32. The standard InChI is InChI=1S/C26H28F3N3O3/c1-18(20-8-3-2-4-9-20)32(15-19-7-5-10-21(13-19)26(27,28)29)16-24-31-23(17-35-24)25(33)30-14-22-11-6-12-34-22/h2-5,7-10,13,17-18,22H,6,11-12,14-16H2,1H3,(H,30,33)/t18-,22+/m0/s1. The van der Waals surface area contributed by atoms with E-state index in [1.807, 2.05) is 42.2 Å². The molecule has 4 rings (SSSR count). The maximum atomic E-state index is 13.2. The first-order valence-corrected chi connectivity index (χ1v) is 11.6. The summed E-state index contributed by atoms with van der Waals surface area (Å²) in [5.74, 6) is -0.0435. The number of rotatable bonds is 9. The SMILES string of the molecule is C[C@@H](c1ccccc1)N(Cc1cccc(C(F)(F)F)c1)Cc1nc(C(=O)NC[C@H]2CCCO2)co1. The zero-order valence-corrected chi connectivity index (χ0v) is 19.4. The Bertz CT molecular complexity index is 1110. The molecule has 1 aliphatic rings. The van der Waals surface area contributed by atoms with E-state index in [0.717, 1.165) is 30.5 Å². The Morgan fingerprint density at radius 3 is 2.69 bits per heavy atom. The predicted octanol–water partition coefficient (Wildman–Crippen LogP) is 5.37. The molecular formula is C26H28F3N3O3.